The lowest BCUT2D eigenvalue weighted by Crippen LogP contribution is -2.37. The molecule has 0 bridgehead atoms. The minimum Gasteiger partial charge on any atom is -0.350 e. The number of carbonyl (C=O) groups is 2. The van der Waals surface area contributed by atoms with Crippen molar-refractivity contribution in [3.05, 3.63) is 58.8 Å². The second-order valence-electron chi connectivity index (χ2n) is 6.98. The third kappa shape index (κ3) is 5.47. The lowest BCUT2D eigenvalue weighted by Gasteiger charge is -2.16. The molecule has 0 aliphatic carbocycles. The number of amides is 2. The van der Waals surface area contributed by atoms with E-state index in [-0.39, 0.29) is 24.3 Å². The van der Waals surface area contributed by atoms with Crippen LogP contribution in [0.5, 0.6) is 0 Å². The molecular formula is C20H21F3N4O3. The molecule has 7 nitrogen and oxygen atoms in total. The Hall–Kier alpha value is -3.14. The number of nitrogens with one attached hydrogen (secondary N) is 2. The molecular weight excluding hydrogens is 401 g/mol. The van der Waals surface area contributed by atoms with Crippen LogP contribution in [0.4, 0.5) is 18.9 Å². The zero-order valence-electron chi connectivity index (χ0n) is 16.0. The molecule has 1 aliphatic heterocycles. The minimum absolute atomic E-state index is 0.0295. The van der Waals surface area contributed by atoms with Gasteiger partial charge in [0.15, 0.2) is 0 Å². The fraction of sp³-hybridized carbons (Fsp3) is 0.350. The highest BCUT2D eigenvalue weighted by Gasteiger charge is 2.29. The number of alkyl halides is 2. The molecule has 1 saturated heterocycles. The quantitative estimate of drug-likeness (QED) is 0.711. The average Bonchev–Trinajstić information content (AvgIpc) is 3.16. The Bertz CT molecular complexity index is 980. The lowest BCUT2D eigenvalue weighted by atomic mass is 10.1. The van der Waals surface area contributed by atoms with Crippen molar-refractivity contribution < 1.29 is 22.8 Å². The van der Waals surface area contributed by atoms with E-state index < -0.39 is 36.5 Å². The molecule has 30 heavy (non-hydrogen) atoms. The van der Waals surface area contributed by atoms with Crippen molar-refractivity contribution in [2.75, 3.05) is 31.5 Å². The Morgan fingerprint density at radius 1 is 1.20 bits per heavy atom. The number of likely N-dealkylation sites (tertiary alicyclic amines) is 1. The van der Waals surface area contributed by atoms with Crippen LogP contribution in [0, 0.1) is 11.7 Å². The minimum atomic E-state index is -2.61. The largest absolute Gasteiger partial charge is 0.350 e. The molecule has 2 N–H and O–H groups in total. The van der Waals surface area contributed by atoms with Gasteiger partial charge >= 0.3 is 0 Å². The second-order valence-corrected chi connectivity index (χ2v) is 6.98. The molecule has 1 fully saturated rings. The van der Waals surface area contributed by atoms with E-state index in [0.29, 0.717) is 18.7 Å². The average molecular weight is 422 g/mol. The molecule has 3 rings (SSSR count). The van der Waals surface area contributed by atoms with Crippen molar-refractivity contribution in [3.63, 3.8) is 0 Å². The van der Waals surface area contributed by atoms with E-state index in [9.17, 15) is 27.6 Å². The molecule has 2 amide bonds. The van der Waals surface area contributed by atoms with Gasteiger partial charge in [0.2, 0.25) is 11.8 Å². The molecule has 1 atom stereocenters. The molecule has 0 saturated carbocycles. The molecule has 2 aromatic rings. The number of benzene rings is 1. The van der Waals surface area contributed by atoms with Gasteiger partial charge in [0.25, 0.3) is 12.0 Å². The first kappa shape index (κ1) is 21.6. The normalized spacial score (nSPS) is 16.6. The number of carbonyl (C=O) groups excluding carboxylic acids is 2. The number of hydrogen-bond acceptors (Lipinski definition) is 4. The SMILES string of the molecule is O=C(CN1CCC(C(=O)NCC(F)F)C1)Nc1ccc(-n2ccccc2=O)cc1F. The standard InChI is InChI=1S/C20H21F3N4O3/c21-15-9-14(27-7-2-1-3-19(27)29)4-5-16(15)25-18(28)12-26-8-6-13(11-26)20(30)24-10-17(22)23/h1-5,7,9,13,17H,6,8,10-12H2,(H,24,30)(H,25,28). The van der Waals surface area contributed by atoms with Crippen molar-refractivity contribution in [2.24, 2.45) is 5.92 Å². The molecule has 160 valence electrons. The Kier molecular flexibility index (Phi) is 6.88. The monoisotopic (exact) mass is 422 g/mol. The Balaban J connectivity index is 1.55. The summed E-state index contributed by atoms with van der Waals surface area (Å²) in [5.74, 6) is -2.08. The molecule has 1 aromatic heterocycles. The maximum Gasteiger partial charge on any atom is 0.255 e. The molecule has 1 aliphatic rings. The van der Waals surface area contributed by atoms with E-state index in [1.165, 1.54) is 29.0 Å². The van der Waals surface area contributed by atoms with E-state index in [2.05, 4.69) is 10.6 Å². The highest BCUT2D eigenvalue weighted by molar-refractivity contribution is 5.92. The van der Waals surface area contributed by atoms with Crippen LogP contribution in [-0.2, 0) is 9.59 Å². The van der Waals surface area contributed by atoms with Crippen LogP contribution in [0.1, 0.15) is 6.42 Å². The van der Waals surface area contributed by atoms with Gasteiger partial charge in [0.05, 0.1) is 30.4 Å². The summed E-state index contributed by atoms with van der Waals surface area (Å²) in [5.41, 5.74) is -0.0127. The van der Waals surface area contributed by atoms with Gasteiger partial charge in [-0.15, -0.1) is 0 Å². The first-order valence-corrected chi connectivity index (χ1v) is 9.39. The number of halogens is 3. The lowest BCUT2D eigenvalue weighted by molar-refractivity contribution is -0.125. The van der Waals surface area contributed by atoms with Crippen molar-refractivity contribution in [1.29, 1.82) is 0 Å². The van der Waals surface area contributed by atoms with E-state index in [1.54, 1.807) is 17.0 Å². The highest BCUT2D eigenvalue weighted by Crippen LogP contribution is 2.19. The predicted octanol–water partition coefficient (Wildman–Crippen LogP) is 1.62. The van der Waals surface area contributed by atoms with Gasteiger partial charge in [-0.05, 0) is 31.2 Å². The van der Waals surface area contributed by atoms with Gasteiger partial charge in [-0.25, -0.2) is 13.2 Å². The number of aromatic nitrogens is 1. The summed E-state index contributed by atoms with van der Waals surface area (Å²) in [4.78, 5) is 37.6. The number of rotatable bonds is 7. The van der Waals surface area contributed by atoms with Crippen molar-refractivity contribution in [1.82, 2.24) is 14.8 Å². The molecule has 1 unspecified atom stereocenters. The van der Waals surface area contributed by atoms with Crippen LogP contribution < -0.4 is 16.2 Å². The van der Waals surface area contributed by atoms with Gasteiger partial charge in [-0.3, -0.25) is 23.9 Å². The van der Waals surface area contributed by atoms with Crippen LogP contribution in [0.2, 0.25) is 0 Å². The fourth-order valence-electron chi connectivity index (χ4n) is 3.30. The molecule has 0 radical (unpaired) electrons. The third-order valence-electron chi connectivity index (χ3n) is 4.77. The zero-order chi connectivity index (χ0) is 21.7. The molecule has 10 heteroatoms. The van der Waals surface area contributed by atoms with Crippen LogP contribution in [0.3, 0.4) is 0 Å². The van der Waals surface area contributed by atoms with Gasteiger partial charge in [-0.2, -0.15) is 0 Å². The Morgan fingerprint density at radius 3 is 2.70 bits per heavy atom. The zero-order valence-corrected chi connectivity index (χ0v) is 16.0. The Morgan fingerprint density at radius 2 is 2.00 bits per heavy atom. The summed E-state index contributed by atoms with van der Waals surface area (Å²) < 4.78 is 40.0. The first-order chi connectivity index (χ1) is 14.3. The predicted molar refractivity (Wildman–Crippen MR) is 104 cm³/mol. The topological polar surface area (TPSA) is 83.4 Å². The van der Waals surface area contributed by atoms with E-state index in [0.717, 1.165) is 6.07 Å². The number of nitrogens with zero attached hydrogens (tertiary/aromatic N) is 2. The van der Waals surface area contributed by atoms with Crippen molar-refractivity contribution in [2.45, 2.75) is 12.8 Å². The van der Waals surface area contributed by atoms with E-state index in [4.69, 9.17) is 0 Å². The summed E-state index contributed by atoms with van der Waals surface area (Å²) in [7, 11) is 0. The van der Waals surface area contributed by atoms with Crippen LogP contribution in [-0.4, -0.2) is 53.9 Å². The maximum atomic E-state index is 14.4. The summed E-state index contributed by atoms with van der Waals surface area (Å²) in [6.45, 7) is -0.0302. The van der Waals surface area contributed by atoms with Crippen molar-refractivity contribution >= 4 is 17.5 Å². The van der Waals surface area contributed by atoms with Gasteiger partial charge in [-0.1, -0.05) is 6.07 Å². The third-order valence-corrected chi connectivity index (χ3v) is 4.77. The fourth-order valence-corrected chi connectivity index (χ4v) is 3.30. The van der Waals surface area contributed by atoms with Crippen LogP contribution >= 0.6 is 0 Å². The second kappa shape index (κ2) is 9.57. The number of hydrogen-bond donors (Lipinski definition) is 2. The number of pyridine rings is 1. The summed E-state index contributed by atoms with van der Waals surface area (Å²) in [5, 5.41) is 4.65. The molecule has 0 spiro atoms. The van der Waals surface area contributed by atoms with Gasteiger partial charge in [0, 0.05) is 24.9 Å². The van der Waals surface area contributed by atoms with Crippen molar-refractivity contribution in [3.8, 4) is 5.69 Å². The van der Waals surface area contributed by atoms with E-state index >= 15 is 0 Å². The summed E-state index contributed by atoms with van der Waals surface area (Å²) in [6, 6.07) is 8.61. The van der Waals surface area contributed by atoms with Crippen LogP contribution in [0.15, 0.2) is 47.4 Å². The smallest absolute Gasteiger partial charge is 0.255 e. The maximum absolute atomic E-state index is 14.4. The number of anilines is 1. The van der Waals surface area contributed by atoms with Gasteiger partial charge < -0.3 is 10.6 Å². The summed E-state index contributed by atoms with van der Waals surface area (Å²) >= 11 is 0. The molecule has 2 heterocycles. The van der Waals surface area contributed by atoms with Crippen LogP contribution in [0.25, 0.3) is 5.69 Å². The Labute approximate surface area is 170 Å². The highest BCUT2D eigenvalue weighted by atomic mass is 19.3. The molecule has 1 aromatic carbocycles. The summed E-state index contributed by atoms with van der Waals surface area (Å²) in [6.07, 6.45) is -0.646. The first-order valence-electron chi connectivity index (χ1n) is 9.39. The van der Waals surface area contributed by atoms with E-state index in [1.807, 2.05) is 0 Å². The van der Waals surface area contributed by atoms with Gasteiger partial charge in [0.1, 0.15) is 5.82 Å².